The molecule has 2 heterocycles. The van der Waals surface area contributed by atoms with E-state index in [-0.39, 0.29) is 24.1 Å². The Morgan fingerprint density at radius 3 is 2.84 bits per heavy atom. The predicted molar refractivity (Wildman–Crippen MR) is 85.5 cm³/mol. The van der Waals surface area contributed by atoms with Gasteiger partial charge in [0.25, 0.3) is 5.56 Å². The lowest BCUT2D eigenvalue weighted by molar-refractivity contribution is -0.191. The number of ether oxygens (including phenoxy) is 2. The normalized spacial score (nSPS) is 27.8. The molecule has 1 aliphatic heterocycles. The molecule has 1 aliphatic rings. The van der Waals surface area contributed by atoms with Gasteiger partial charge in [-0.2, -0.15) is 0 Å². The van der Waals surface area contributed by atoms with Gasteiger partial charge in [0.2, 0.25) is 5.85 Å². The average Bonchev–Trinajstić information content (AvgIpc) is 2.82. The van der Waals surface area contributed by atoms with E-state index >= 15 is 0 Å². The van der Waals surface area contributed by atoms with Crippen LogP contribution in [0.2, 0.25) is 0 Å². The van der Waals surface area contributed by atoms with E-state index in [0.29, 0.717) is 0 Å². The zero-order valence-corrected chi connectivity index (χ0v) is 14.1. The van der Waals surface area contributed by atoms with Crippen LogP contribution in [0.3, 0.4) is 0 Å². The molecule has 0 unspecified atom stereocenters. The van der Waals surface area contributed by atoms with Crippen molar-refractivity contribution in [3.05, 3.63) is 32.6 Å². The smallest absolute Gasteiger partial charge is 0.330 e. The fourth-order valence-corrected chi connectivity index (χ4v) is 2.46. The SMILES string of the molecule is CC(C)[C@H](N)COC[C@]1(F)C[C@@H](O)[C@H](n2cc(CO)c(=O)[nH]c2=O)O1. The van der Waals surface area contributed by atoms with Crippen molar-refractivity contribution in [2.45, 2.75) is 51.1 Å². The van der Waals surface area contributed by atoms with Gasteiger partial charge in [-0.3, -0.25) is 14.3 Å². The highest BCUT2D eigenvalue weighted by atomic mass is 19.2. The third-order valence-electron chi connectivity index (χ3n) is 4.15. The number of nitrogens with one attached hydrogen (secondary N) is 1. The van der Waals surface area contributed by atoms with E-state index in [2.05, 4.69) is 0 Å². The lowest BCUT2D eigenvalue weighted by Crippen LogP contribution is -2.38. The van der Waals surface area contributed by atoms with E-state index in [0.717, 1.165) is 10.8 Å². The zero-order chi connectivity index (χ0) is 18.8. The molecule has 0 radical (unpaired) electrons. The quantitative estimate of drug-likeness (QED) is 0.487. The lowest BCUT2D eigenvalue weighted by atomic mass is 10.1. The van der Waals surface area contributed by atoms with Crippen molar-refractivity contribution >= 4 is 0 Å². The molecule has 0 amide bonds. The summed E-state index contributed by atoms with van der Waals surface area (Å²) in [5, 5.41) is 19.2. The highest BCUT2D eigenvalue weighted by Gasteiger charge is 2.48. The number of aliphatic hydroxyl groups is 2. The van der Waals surface area contributed by atoms with Crippen molar-refractivity contribution in [1.29, 1.82) is 0 Å². The van der Waals surface area contributed by atoms with E-state index in [1.165, 1.54) is 0 Å². The Kier molecular flexibility index (Phi) is 6.12. The first-order chi connectivity index (χ1) is 11.7. The van der Waals surface area contributed by atoms with Gasteiger partial charge in [-0.15, -0.1) is 0 Å². The molecular formula is C15H24FN3O6. The van der Waals surface area contributed by atoms with Crippen LogP contribution in [0.1, 0.15) is 32.1 Å². The van der Waals surface area contributed by atoms with Gasteiger partial charge >= 0.3 is 5.69 Å². The van der Waals surface area contributed by atoms with Gasteiger partial charge in [-0.1, -0.05) is 13.8 Å². The zero-order valence-electron chi connectivity index (χ0n) is 14.1. The van der Waals surface area contributed by atoms with Crippen LogP contribution in [0.4, 0.5) is 4.39 Å². The molecule has 0 bridgehead atoms. The van der Waals surface area contributed by atoms with Gasteiger partial charge in [0.1, 0.15) is 12.7 Å². The van der Waals surface area contributed by atoms with Crippen LogP contribution < -0.4 is 17.0 Å². The van der Waals surface area contributed by atoms with Gasteiger partial charge in [0.05, 0.1) is 18.8 Å². The van der Waals surface area contributed by atoms with E-state index in [1.807, 2.05) is 18.8 Å². The summed E-state index contributed by atoms with van der Waals surface area (Å²) >= 11 is 0. The molecule has 4 atom stereocenters. The van der Waals surface area contributed by atoms with E-state index in [9.17, 15) is 19.1 Å². The molecule has 0 spiro atoms. The van der Waals surface area contributed by atoms with Crippen molar-refractivity contribution in [2.24, 2.45) is 11.7 Å². The minimum atomic E-state index is -2.30. The molecule has 9 nitrogen and oxygen atoms in total. The Morgan fingerprint density at radius 1 is 1.56 bits per heavy atom. The second kappa shape index (κ2) is 7.75. The summed E-state index contributed by atoms with van der Waals surface area (Å²) in [5.74, 6) is -2.13. The standard InChI is InChI=1S/C15H24FN3O6/c1-8(2)10(17)6-24-7-15(16)3-11(21)13(25-15)19-4-9(5-20)12(22)18-14(19)23/h4,8,10-11,13,20-21H,3,5-7,17H2,1-2H3,(H,18,22,23)/t10-,11-,13-,15+/m1/s1. The molecule has 142 valence electrons. The van der Waals surface area contributed by atoms with E-state index in [4.69, 9.17) is 20.3 Å². The lowest BCUT2D eigenvalue weighted by Gasteiger charge is -2.23. The number of halogens is 1. The largest absolute Gasteiger partial charge is 0.391 e. The van der Waals surface area contributed by atoms with Crippen molar-refractivity contribution in [3.63, 3.8) is 0 Å². The van der Waals surface area contributed by atoms with Crippen LogP contribution in [-0.2, 0) is 16.1 Å². The number of nitrogens with zero attached hydrogens (tertiary/aromatic N) is 1. The summed E-state index contributed by atoms with van der Waals surface area (Å²) in [7, 11) is 0. The highest BCUT2D eigenvalue weighted by molar-refractivity contribution is 5.04. The highest BCUT2D eigenvalue weighted by Crippen LogP contribution is 2.37. The molecule has 1 fully saturated rings. The maximum Gasteiger partial charge on any atom is 0.330 e. The van der Waals surface area contributed by atoms with Crippen LogP contribution in [0.15, 0.2) is 15.8 Å². The number of alkyl halides is 1. The van der Waals surface area contributed by atoms with E-state index in [1.54, 1.807) is 0 Å². The molecule has 0 aliphatic carbocycles. The summed E-state index contributed by atoms with van der Waals surface area (Å²) in [6, 6.07) is -0.264. The van der Waals surface area contributed by atoms with Crippen LogP contribution in [-0.4, -0.2) is 51.0 Å². The van der Waals surface area contributed by atoms with Crippen LogP contribution in [0.25, 0.3) is 0 Å². The number of hydrogen-bond donors (Lipinski definition) is 4. The van der Waals surface area contributed by atoms with Crippen molar-refractivity contribution in [3.8, 4) is 0 Å². The molecule has 1 aromatic rings. The molecule has 10 heteroatoms. The Bertz CT molecular complexity index is 705. The predicted octanol–water partition coefficient (Wildman–Crippen LogP) is -1.03. The van der Waals surface area contributed by atoms with Crippen molar-refractivity contribution in [2.75, 3.05) is 13.2 Å². The Morgan fingerprint density at radius 2 is 2.24 bits per heavy atom. The molecular weight excluding hydrogens is 337 g/mol. The summed E-state index contributed by atoms with van der Waals surface area (Å²) in [5.41, 5.74) is 4.08. The molecule has 5 N–H and O–H groups in total. The number of H-pyrrole nitrogens is 1. The first kappa shape index (κ1) is 19.7. The number of aromatic nitrogens is 2. The Balaban J connectivity index is 2.10. The first-order valence-corrected chi connectivity index (χ1v) is 8.00. The summed E-state index contributed by atoms with van der Waals surface area (Å²) in [6.45, 7) is 2.88. The number of nitrogens with two attached hydrogens (primary N) is 1. The fourth-order valence-electron chi connectivity index (χ4n) is 2.46. The van der Waals surface area contributed by atoms with Crippen LogP contribution >= 0.6 is 0 Å². The third kappa shape index (κ3) is 4.53. The fraction of sp³-hybridized carbons (Fsp3) is 0.733. The maximum absolute atomic E-state index is 14.8. The molecule has 0 saturated carbocycles. The maximum atomic E-state index is 14.8. The minimum absolute atomic E-state index is 0.106. The first-order valence-electron chi connectivity index (χ1n) is 8.00. The molecule has 2 rings (SSSR count). The Labute approximate surface area is 143 Å². The monoisotopic (exact) mass is 361 g/mol. The van der Waals surface area contributed by atoms with Gasteiger partial charge in [-0.25, -0.2) is 9.18 Å². The summed E-state index contributed by atoms with van der Waals surface area (Å²) < 4.78 is 26.0. The third-order valence-corrected chi connectivity index (χ3v) is 4.15. The number of rotatable bonds is 7. The topological polar surface area (TPSA) is 140 Å². The summed E-state index contributed by atoms with van der Waals surface area (Å²) in [4.78, 5) is 25.3. The Hall–Kier alpha value is -1.59. The number of hydrogen-bond acceptors (Lipinski definition) is 7. The summed E-state index contributed by atoms with van der Waals surface area (Å²) in [6.07, 6.45) is -2.05. The van der Waals surface area contributed by atoms with Crippen LogP contribution in [0.5, 0.6) is 0 Å². The minimum Gasteiger partial charge on any atom is -0.391 e. The molecule has 1 aromatic heterocycles. The van der Waals surface area contributed by atoms with Gasteiger partial charge in [-0.05, 0) is 5.92 Å². The van der Waals surface area contributed by atoms with Gasteiger partial charge < -0.3 is 25.4 Å². The molecule has 25 heavy (non-hydrogen) atoms. The second-order valence-electron chi connectivity index (χ2n) is 6.56. The number of aliphatic hydroxyl groups excluding tert-OH is 2. The number of aromatic amines is 1. The van der Waals surface area contributed by atoms with Gasteiger partial charge in [0, 0.05) is 18.7 Å². The van der Waals surface area contributed by atoms with Crippen molar-refractivity contribution in [1.82, 2.24) is 9.55 Å². The van der Waals surface area contributed by atoms with E-state index < -0.39 is 49.1 Å². The molecule has 1 saturated heterocycles. The average molecular weight is 361 g/mol. The van der Waals surface area contributed by atoms with Gasteiger partial charge in [0.15, 0.2) is 6.23 Å². The second-order valence-corrected chi connectivity index (χ2v) is 6.56. The molecule has 0 aromatic carbocycles. The van der Waals surface area contributed by atoms with Crippen molar-refractivity contribution < 1.29 is 24.1 Å². The van der Waals surface area contributed by atoms with Crippen LogP contribution in [0, 0.1) is 5.92 Å².